The van der Waals surface area contributed by atoms with Crippen LogP contribution in [0.2, 0.25) is 0 Å². The van der Waals surface area contributed by atoms with Gasteiger partial charge in [0.25, 0.3) is 5.56 Å². The summed E-state index contributed by atoms with van der Waals surface area (Å²) >= 11 is 0. The van der Waals surface area contributed by atoms with Crippen LogP contribution in [0.3, 0.4) is 0 Å². The molecule has 0 fully saturated rings. The third-order valence-electron chi connectivity index (χ3n) is 2.33. The van der Waals surface area contributed by atoms with Crippen LogP contribution >= 0.6 is 0 Å². The Morgan fingerprint density at radius 2 is 2.16 bits per heavy atom. The maximum absolute atomic E-state index is 11.3. The number of nitrogens with one attached hydrogen (secondary N) is 4. The van der Waals surface area contributed by atoms with Gasteiger partial charge in [0.05, 0.1) is 6.61 Å². The predicted octanol–water partition coefficient (Wildman–Crippen LogP) is -0.502. The topological polar surface area (TPSA) is 116 Å². The molecule has 19 heavy (non-hydrogen) atoms. The number of hydrogen-bond donors (Lipinski definition) is 4. The average Bonchev–Trinajstić information content (AvgIpc) is 2.78. The lowest BCUT2D eigenvalue weighted by Crippen LogP contribution is -2.39. The molecular formula is C11H18N4O4. The third-order valence-corrected chi connectivity index (χ3v) is 2.33. The molecule has 1 aromatic heterocycles. The maximum atomic E-state index is 11.3. The van der Waals surface area contributed by atoms with E-state index >= 15 is 0 Å². The summed E-state index contributed by atoms with van der Waals surface area (Å²) in [4.78, 5) is 33.4. The minimum atomic E-state index is -0.475. The Morgan fingerprint density at radius 3 is 2.79 bits per heavy atom. The van der Waals surface area contributed by atoms with E-state index in [9.17, 15) is 14.4 Å². The Kier molecular flexibility index (Phi) is 6.20. The molecule has 2 amide bonds. The van der Waals surface area contributed by atoms with Gasteiger partial charge in [0, 0.05) is 18.3 Å². The van der Waals surface area contributed by atoms with Gasteiger partial charge in [0.15, 0.2) is 0 Å². The minimum absolute atomic E-state index is 0.147. The number of aryl methyl sites for hydroxylation is 1. The number of hydrogen-bond acceptors (Lipinski definition) is 4. The number of carbonyl (C=O) groups is 2. The van der Waals surface area contributed by atoms with Gasteiger partial charge in [-0.3, -0.25) is 14.7 Å². The van der Waals surface area contributed by atoms with Crippen molar-refractivity contribution < 1.29 is 14.3 Å². The molecule has 8 heteroatoms. The first-order chi connectivity index (χ1) is 9.13. The van der Waals surface area contributed by atoms with Crippen LogP contribution in [0.1, 0.15) is 18.9 Å². The number of esters is 1. The van der Waals surface area contributed by atoms with Gasteiger partial charge in [0.2, 0.25) is 0 Å². The van der Waals surface area contributed by atoms with Crippen LogP contribution in [-0.2, 0) is 16.0 Å². The number of aromatic amines is 2. The minimum Gasteiger partial charge on any atom is -0.465 e. The van der Waals surface area contributed by atoms with Crippen LogP contribution in [-0.4, -0.2) is 41.9 Å². The summed E-state index contributed by atoms with van der Waals surface area (Å²) < 4.78 is 4.66. The first-order valence-electron chi connectivity index (χ1n) is 6.05. The Labute approximate surface area is 109 Å². The lowest BCUT2D eigenvalue weighted by molar-refractivity contribution is -0.141. The van der Waals surface area contributed by atoms with E-state index < -0.39 is 12.0 Å². The molecule has 1 heterocycles. The predicted molar refractivity (Wildman–Crippen MR) is 67.8 cm³/mol. The highest BCUT2D eigenvalue weighted by atomic mass is 16.5. The van der Waals surface area contributed by atoms with Crippen LogP contribution in [0.15, 0.2) is 11.0 Å². The van der Waals surface area contributed by atoms with E-state index in [1.807, 2.05) is 0 Å². The summed E-state index contributed by atoms with van der Waals surface area (Å²) in [6.45, 7) is 2.24. The molecule has 0 aliphatic carbocycles. The second-order valence-corrected chi connectivity index (χ2v) is 3.79. The Bertz CT molecular complexity index is 465. The summed E-state index contributed by atoms with van der Waals surface area (Å²) in [5.41, 5.74) is 0.500. The zero-order valence-electron chi connectivity index (χ0n) is 10.7. The van der Waals surface area contributed by atoms with Gasteiger partial charge in [-0.25, -0.2) is 4.79 Å². The molecule has 1 rings (SSSR count). The summed E-state index contributed by atoms with van der Waals surface area (Å²) in [7, 11) is 0. The molecular weight excluding hydrogens is 252 g/mol. The number of ether oxygens (including phenoxy) is 1. The van der Waals surface area contributed by atoms with Gasteiger partial charge in [0.1, 0.15) is 6.54 Å². The maximum Gasteiger partial charge on any atom is 0.325 e. The number of carbonyl (C=O) groups excluding carboxylic acids is 2. The first-order valence-corrected chi connectivity index (χ1v) is 6.05. The van der Waals surface area contributed by atoms with Gasteiger partial charge < -0.3 is 20.5 Å². The van der Waals surface area contributed by atoms with Crippen molar-refractivity contribution in [2.75, 3.05) is 19.7 Å². The monoisotopic (exact) mass is 270 g/mol. The number of H-pyrrole nitrogens is 2. The van der Waals surface area contributed by atoms with Crippen molar-refractivity contribution in [3.8, 4) is 0 Å². The fourth-order valence-electron chi connectivity index (χ4n) is 1.43. The van der Waals surface area contributed by atoms with Crippen molar-refractivity contribution in [2.45, 2.75) is 19.8 Å². The lowest BCUT2D eigenvalue weighted by Gasteiger charge is -2.06. The summed E-state index contributed by atoms with van der Waals surface area (Å²) in [5.74, 6) is -0.475. The van der Waals surface area contributed by atoms with Crippen molar-refractivity contribution in [1.82, 2.24) is 20.8 Å². The van der Waals surface area contributed by atoms with Crippen LogP contribution in [0.25, 0.3) is 0 Å². The van der Waals surface area contributed by atoms with E-state index in [-0.39, 0.29) is 18.7 Å². The molecule has 4 N–H and O–H groups in total. The molecule has 106 valence electrons. The zero-order chi connectivity index (χ0) is 14.1. The second kappa shape index (κ2) is 7.96. The van der Waals surface area contributed by atoms with E-state index in [0.717, 1.165) is 0 Å². The molecule has 1 aromatic rings. The Morgan fingerprint density at radius 1 is 1.37 bits per heavy atom. The molecule has 0 aliphatic rings. The van der Waals surface area contributed by atoms with Gasteiger partial charge in [-0.1, -0.05) is 0 Å². The molecule has 0 bridgehead atoms. The largest absolute Gasteiger partial charge is 0.465 e. The van der Waals surface area contributed by atoms with Gasteiger partial charge in [-0.05, 0) is 19.8 Å². The third kappa shape index (κ3) is 5.75. The Hall–Kier alpha value is -2.25. The normalized spacial score (nSPS) is 9.95. The van der Waals surface area contributed by atoms with Gasteiger partial charge in [-0.15, -0.1) is 0 Å². The van der Waals surface area contributed by atoms with E-state index in [1.54, 1.807) is 13.1 Å². The van der Waals surface area contributed by atoms with Crippen LogP contribution < -0.4 is 16.2 Å². The van der Waals surface area contributed by atoms with E-state index in [2.05, 4.69) is 25.6 Å². The van der Waals surface area contributed by atoms with Crippen LogP contribution in [0, 0.1) is 0 Å². The molecule has 0 unspecified atom stereocenters. The van der Waals surface area contributed by atoms with E-state index in [1.165, 1.54) is 0 Å². The molecule has 0 aromatic carbocycles. The standard InChI is InChI=1S/C11H18N4O4/c1-2-19-9(16)7-13-11(18)12-5-3-4-8-6-14-15-10(8)17/h6H,2-5,7H2,1H3,(H2,12,13,18)(H2,14,15,17). The molecule has 0 saturated carbocycles. The second-order valence-electron chi connectivity index (χ2n) is 3.79. The summed E-state index contributed by atoms with van der Waals surface area (Å²) in [5, 5.41) is 9.99. The number of amides is 2. The fourth-order valence-corrected chi connectivity index (χ4v) is 1.43. The van der Waals surface area contributed by atoms with Gasteiger partial charge >= 0.3 is 12.0 Å². The zero-order valence-corrected chi connectivity index (χ0v) is 10.7. The Balaban J connectivity index is 2.09. The number of rotatable bonds is 7. The van der Waals surface area contributed by atoms with Crippen molar-refractivity contribution >= 4 is 12.0 Å². The highest BCUT2D eigenvalue weighted by Crippen LogP contribution is 1.92. The first kappa shape index (κ1) is 14.8. The van der Waals surface area contributed by atoms with E-state index in [0.29, 0.717) is 24.9 Å². The molecule has 0 aliphatic heterocycles. The molecule has 0 radical (unpaired) electrons. The van der Waals surface area contributed by atoms with Crippen LogP contribution in [0.4, 0.5) is 4.79 Å². The quantitative estimate of drug-likeness (QED) is 0.394. The van der Waals surface area contributed by atoms with Crippen molar-refractivity contribution in [3.63, 3.8) is 0 Å². The molecule has 8 nitrogen and oxygen atoms in total. The molecule has 0 saturated heterocycles. The van der Waals surface area contributed by atoms with E-state index in [4.69, 9.17) is 0 Å². The van der Waals surface area contributed by atoms with Crippen molar-refractivity contribution in [3.05, 3.63) is 22.1 Å². The molecule has 0 atom stereocenters. The van der Waals surface area contributed by atoms with Crippen molar-refractivity contribution in [1.29, 1.82) is 0 Å². The lowest BCUT2D eigenvalue weighted by atomic mass is 10.2. The SMILES string of the molecule is CCOC(=O)CNC(=O)NCCCc1c[nH][nH]c1=O. The highest BCUT2D eigenvalue weighted by Gasteiger charge is 2.05. The summed E-state index contributed by atoms with van der Waals surface area (Å²) in [6, 6.07) is -0.434. The smallest absolute Gasteiger partial charge is 0.325 e. The van der Waals surface area contributed by atoms with Gasteiger partial charge in [-0.2, -0.15) is 0 Å². The van der Waals surface area contributed by atoms with Crippen molar-refractivity contribution in [2.24, 2.45) is 0 Å². The number of urea groups is 1. The highest BCUT2D eigenvalue weighted by molar-refractivity contribution is 5.80. The fraction of sp³-hybridized carbons (Fsp3) is 0.545. The van der Waals surface area contributed by atoms with Crippen LogP contribution in [0.5, 0.6) is 0 Å². The average molecular weight is 270 g/mol. The number of aromatic nitrogens is 2. The molecule has 0 spiro atoms. The summed E-state index contributed by atoms with van der Waals surface area (Å²) in [6.07, 6.45) is 2.80.